The minimum Gasteiger partial charge on any atom is -0.373 e. The SMILES string of the molecule is CC(NC(=O)/C(C#N)=C\N1CCN(c2ccccn2)CC1)C12CC3CC(CC(C3)C1)C2. The molecular formula is C25H33N5O. The van der Waals surface area contributed by atoms with Crippen LogP contribution in [0.1, 0.15) is 45.4 Å². The Balaban J connectivity index is 1.20. The fourth-order valence-corrected chi connectivity index (χ4v) is 7.08. The highest BCUT2D eigenvalue weighted by Gasteiger charge is 2.53. The molecular weight excluding hydrogens is 386 g/mol. The maximum atomic E-state index is 13.0. The summed E-state index contributed by atoms with van der Waals surface area (Å²) in [5.41, 5.74) is 0.474. The van der Waals surface area contributed by atoms with Crippen molar-refractivity contribution in [2.75, 3.05) is 31.1 Å². The van der Waals surface area contributed by atoms with Gasteiger partial charge in [-0.05, 0) is 80.8 Å². The van der Waals surface area contributed by atoms with Gasteiger partial charge in [0.15, 0.2) is 0 Å². The number of hydrogen-bond donors (Lipinski definition) is 1. The van der Waals surface area contributed by atoms with E-state index in [2.05, 4.69) is 33.1 Å². The van der Waals surface area contributed by atoms with Crippen molar-refractivity contribution >= 4 is 11.7 Å². The van der Waals surface area contributed by atoms with Gasteiger partial charge in [-0.3, -0.25) is 4.79 Å². The largest absolute Gasteiger partial charge is 0.373 e. The van der Waals surface area contributed by atoms with Gasteiger partial charge in [-0.2, -0.15) is 5.26 Å². The Labute approximate surface area is 185 Å². The van der Waals surface area contributed by atoms with Crippen LogP contribution in [0.15, 0.2) is 36.2 Å². The normalized spacial score (nSPS) is 33.2. The maximum absolute atomic E-state index is 13.0. The number of carbonyl (C=O) groups is 1. The summed E-state index contributed by atoms with van der Waals surface area (Å²) in [5.74, 6) is 3.33. The Morgan fingerprint density at radius 1 is 1.16 bits per heavy atom. The van der Waals surface area contributed by atoms with Crippen molar-refractivity contribution in [1.82, 2.24) is 15.2 Å². The first-order valence-corrected chi connectivity index (χ1v) is 11.9. The molecule has 6 rings (SSSR count). The van der Waals surface area contributed by atoms with Gasteiger partial charge in [-0.1, -0.05) is 6.07 Å². The van der Waals surface area contributed by atoms with Crippen molar-refractivity contribution in [2.24, 2.45) is 23.2 Å². The van der Waals surface area contributed by atoms with E-state index in [0.29, 0.717) is 0 Å². The molecule has 0 aromatic carbocycles. The molecule has 6 heteroatoms. The fraction of sp³-hybridized carbons (Fsp3) is 0.640. The van der Waals surface area contributed by atoms with Gasteiger partial charge in [0, 0.05) is 44.6 Å². The molecule has 2 heterocycles. The van der Waals surface area contributed by atoms with Gasteiger partial charge in [0.1, 0.15) is 17.5 Å². The maximum Gasteiger partial charge on any atom is 0.263 e. The molecule has 0 radical (unpaired) electrons. The highest BCUT2D eigenvalue weighted by Crippen LogP contribution is 2.61. The third-order valence-corrected chi connectivity index (χ3v) is 8.32. The van der Waals surface area contributed by atoms with Crippen LogP contribution in [-0.4, -0.2) is 48.0 Å². The molecule has 31 heavy (non-hydrogen) atoms. The third-order valence-electron chi connectivity index (χ3n) is 8.32. The van der Waals surface area contributed by atoms with Gasteiger partial charge < -0.3 is 15.1 Å². The predicted octanol–water partition coefficient (Wildman–Crippen LogP) is 3.33. The van der Waals surface area contributed by atoms with E-state index in [1.807, 2.05) is 24.4 Å². The Morgan fingerprint density at radius 3 is 2.35 bits per heavy atom. The van der Waals surface area contributed by atoms with Crippen LogP contribution < -0.4 is 10.2 Å². The number of nitrogens with zero attached hydrogens (tertiary/aromatic N) is 4. The highest BCUT2D eigenvalue weighted by atomic mass is 16.1. The molecule has 1 aromatic rings. The molecule has 1 amide bonds. The van der Waals surface area contributed by atoms with Gasteiger partial charge >= 0.3 is 0 Å². The second-order valence-corrected chi connectivity index (χ2v) is 10.3. The van der Waals surface area contributed by atoms with Crippen molar-refractivity contribution in [2.45, 2.75) is 51.5 Å². The number of anilines is 1. The monoisotopic (exact) mass is 419 g/mol. The minimum atomic E-state index is -0.210. The summed E-state index contributed by atoms with van der Waals surface area (Å²) in [4.78, 5) is 21.7. The zero-order valence-electron chi connectivity index (χ0n) is 18.5. The van der Waals surface area contributed by atoms with Crippen molar-refractivity contribution in [3.8, 4) is 6.07 Å². The number of nitrogens with one attached hydrogen (secondary N) is 1. The van der Waals surface area contributed by atoms with Crippen LogP contribution in [0.2, 0.25) is 0 Å². The van der Waals surface area contributed by atoms with E-state index in [0.717, 1.165) is 49.8 Å². The molecule has 5 fully saturated rings. The van der Waals surface area contributed by atoms with Crippen LogP contribution in [0.3, 0.4) is 0 Å². The van der Waals surface area contributed by atoms with E-state index in [4.69, 9.17) is 0 Å². The average molecular weight is 420 g/mol. The summed E-state index contributed by atoms with van der Waals surface area (Å²) >= 11 is 0. The van der Waals surface area contributed by atoms with Crippen LogP contribution in [0, 0.1) is 34.5 Å². The number of rotatable bonds is 5. The average Bonchev–Trinajstić information content (AvgIpc) is 2.77. The number of aromatic nitrogens is 1. The molecule has 4 saturated carbocycles. The standard InChI is InChI=1S/C25H33N5O/c1-18(25-13-19-10-20(14-25)12-21(11-19)15-25)28-24(31)22(16-26)17-29-6-8-30(9-7-29)23-4-2-3-5-27-23/h2-5,17-21H,6-15H2,1H3,(H,28,31)/b22-17-. The van der Waals surface area contributed by atoms with E-state index in [1.54, 1.807) is 6.20 Å². The summed E-state index contributed by atoms with van der Waals surface area (Å²) in [6.45, 7) is 5.39. The molecule has 4 bridgehead atoms. The molecule has 164 valence electrons. The van der Waals surface area contributed by atoms with E-state index in [1.165, 1.54) is 38.5 Å². The summed E-state index contributed by atoms with van der Waals surface area (Å²) in [5, 5.41) is 12.9. The first-order chi connectivity index (χ1) is 15.0. The number of amides is 1. The lowest BCUT2D eigenvalue weighted by atomic mass is 9.48. The van der Waals surface area contributed by atoms with E-state index >= 15 is 0 Å². The number of piperazine rings is 1. The number of pyridine rings is 1. The van der Waals surface area contributed by atoms with Gasteiger partial charge in [0.05, 0.1) is 0 Å². The molecule has 1 N–H and O–H groups in total. The summed E-state index contributed by atoms with van der Waals surface area (Å²) in [6.07, 6.45) is 11.5. The summed E-state index contributed by atoms with van der Waals surface area (Å²) < 4.78 is 0. The van der Waals surface area contributed by atoms with Crippen LogP contribution in [0.5, 0.6) is 0 Å². The molecule has 1 aromatic heterocycles. The number of carbonyl (C=O) groups excluding carboxylic acids is 1. The zero-order chi connectivity index (χ0) is 21.4. The molecule has 6 nitrogen and oxygen atoms in total. The Bertz CT molecular complexity index is 846. The zero-order valence-corrected chi connectivity index (χ0v) is 18.5. The molecule has 1 aliphatic heterocycles. The summed E-state index contributed by atoms with van der Waals surface area (Å²) in [7, 11) is 0. The first kappa shape index (κ1) is 20.4. The molecule has 1 saturated heterocycles. The second kappa shape index (κ2) is 8.18. The lowest BCUT2D eigenvalue weighted by Gasteiger charge is -2.59. The van der Waals surface area contributed by atoms with Crippen LogP contribution in [0.25, 0.3) is 0 Å². The third kappa shape index (κ3) is 4.03. The molecule has 5 aliphatic rings. The molecule has 4 aliphatic carbocycles. The van der Waals surface area contributed by atoms with Crippen molar-refractivity contribution in [3.05, 3.63) is 36.2 Å². The molecule has 1 unspecified atom stereocenters. The lowest BCUT2D eigenvalue weighted by molar-refractivity contribution is -0.122. The Morgan fingerprint density at radius 2 is 1.81 bits per heavy atom. The summed E-state index contributed by atoms with van der Waals surface area (Å²) in [6, 6.07) is 8.22. The van der Waals surface area contributed by atoms with Gasteiger partial charge in [0.25, 0.3) is 5.91 Å². The van der Waals surface area contributed by atoms with Crippen molar-refractivity contribution in [3.63, 3.8) is 0 Å². The fourth-order valence-electron chi connectivity index (χ4n) is 7.08. The van der Waals surface area contributed by atoms with Crippen LogP contribution in [-0.2, 0) is 4.79 Å². The van der Waals surface area contributed by atoms with E-state index in [9.17, 15) is 10.1 Å². The predicted molar refractivity (Wildman–Crippen MR) is 120 cm³/mol. The minimum absolute atomic E-state index is 0.131. The Kier molecular flexibility index (Phi) is 5.37. The molecule has 0 spiro atoms. The lowest BCUT2D eigenvalue weighted by Crippen LogP contribution is -2.56. The van der Waals surface area contributed by atoms with Crippen molar-refractivity contribution < 1.29 is 4.79 Å². The highest BCUT2D eigenvalue weighted by molar-refractivity contribution is 5.97. The van der Waals surface area contributed by atoms with Gasteiger partial charge in [0.2, 0.25) is 0 Å². The van der Waals surface area contributed by atoms with E-state index < -0.39 is 0 Å². The van der Waals surface area contributed by atoms with E-state index in [-0.39, 0.29) is 22.9 Å². The van der Waals surface area contributed by atoms with Crippen LogP contribution >= 0.6 is 0 Å². The smallest absolute Gasteiger partial charge is 0.263 e. The van der Waals surface area contributed by atoms with Gasteiger partial charge in [-0.25, -0.2) is 4.98 Å². The van der Waals surface area contributed by atoms with Crippen molar-refractivity contribution in [1.29, 1.82) is 5.26 Å². The quantitative estimate of drug-likeness (QED) is 0.585. The first-order valence-electron chi connectivity index (χ1n) is 11.9. The topological polar surface area (TPSA) is 72.3 Å². The number of nitriles is 1. The molecule has 1 atom stereocenters. The number of hydrogen-bond acceptors (Lipinski definition) is 5. The Hall–Kier alpha value is -2.55. The van der Waals surface area contributed by atoms with Gasteiger partial charge in [-0.15, -0.1) is 0 Å². The second-order valence-electron chi connectivity index (χ2n) is 10.3. The van der Waals surface area contributed by atoms with Crippen LogP contribution in [0.4, 0.5) is 5.82 Å².